The maximum Gasteiger partial charge on any atom is 0.303 e. The summed E-state index contributed by atoms with van der Waals surface area (Å²) in [5.41, 5.74) is 0.510. The predicted octanol–water partition coefficient (Wildman–Crippen LogP) is 1.64. The minimum absolute atomic E-state index is 0.143. The molecule has 0 saturated heterocycles. The van der Waals surface area contributed by atoms with Gasteiger partial charge in [0.05, 0.1) is 48.7 Å². The fourth-order valence-corrected chi connectivity index (χ4v) is 3.98. The number of carbonyl (C=O) groups is 3. The molecule has 198 valence electrons. The zero-order valence-electron chi connectivity index (χ0n) is 20.5. The molecule has 0 radical (unpaired) electrons. The maximum atomic E-state index is 12.7. The third-order valence-corrected chi connectivity index (χ3v) is 5.89. The number of benzene rings is 1. The van der Waals surface area contributed by atoms with Crippen molar-refractivity contribution in [3.05, 3.63) is 58.4 Å². The molecule has 2 heterocycles. The number of carbonyl (C=O) groups excluding carboxylic acids is 2. The number of aliphatic hydroxyl groups excluding tert-OH is 1. The highest BCUT2D eigenvalue weighted by Gasteiger charge is 2.24. The number of aliphatic carboxylic acids is 1. The molecule has 0 bridgehead atoms. The van der Waals surface area contributed by atoms with Crippen LogP contribution in [0, 0.1) is 0 Å². The minimum atomic E-state index is -1.20. The van der Waals surface area contributed by atoms with Gasteiger partial charge in [-0.25, -0.2) is 0 Å². The summed E-state index contributed by atoms with van der Waals surface area (Å²) in [6.45, 7) is 3.45. The first-order valence-corrected chi connectivity index (χ1v) is 12.0. The lowest BCUT2D eigenvalue weighted by Gasteiger charge is -2.22. The van der Waals surface area contributed by atoms with Gasteiger partial charge >= 0.3 is 5.97 Å². The van der Waals surface area contributed by atoms with Gasteiger partial charge in [-0.15, -0.1) is 0 Å². The van der Waals surface area contributed by atoms with E-state index in [1.165, 1.54) is 12.4 Å². The van der Waals surface area contributed by atoms with E-state index in [2.05, 4.69) is 25.9 Å². The number of amides is 1. The molecule has 1 unspecified atom stereocenters. The van der Waals surface area contributed by atoms with Gasteiger partial charge in [0.1, 0.15) is 0 Å². The minimum Gasteiger partial charge on any atom is -0.481 e. The van der Waals surface area contributed by atoms with E-state index in [1.54, 1.807) is 38.1 Å². The highest BCUT2D eigenvalue weighted by Crippen LogP contribution is 2.31. The average molecular weight is 532 g/mol. The first-order valence-electron chi connectivity index (χ1n) is 11.6. The van der Waals surface area contributed by atoms with Crippen LogP contribution in [0.2, 0.25) is 5.02 Å². The van der Waals surface area contributed by atoms with Crippen molar-refractivity contribution in [2.75, 3.05) is 25.0 Å². The van der Waals surface area contributed by atoms with Crippen LogP contribution in [0.1, 0.15) is 54.1 Å². The van der Waals surface area contributed by atoms with Crippen molar-refractivity contribution in [2.24, 2.45) is 4.99 Å². The fraction of sp³-hybridized carbons (Fsp3) is 0.400. The largest absolute Gasteiger partial charge is 0.481 e. The predicted molar refractivity (Wildman–Crippen MR) is 138 cm³/mol. The Bertz CT molecular complexity index is 1200. The molecule has 6 N–H and O–H groups in total. The molecule has 3 rings (SSSR count). The Balaban J connectivity index is 1.64. The molecule has 1 aliphatic rings. The molecule has 2 aromatic rings. The van der Waals surface area contributed by atoms with Gasteiger partial charge in [0.25, 0.3) is 5.91 Å². The number of anilines is 1. The Morgan fingerprint density at radius 1 is 1.19 bits per heavy atom. The number of hydrogen-bond donors (Lipinski definition) is 6. The Kier molecular flexibility index (Phi) is 9.19. The fourth-order valence-electron chi connectivity index (χ4n) is 3.73. The third-order valence-electron chi connectivity index (χ3n) is 5.67. The van der Waals surface area contributed by atoms with Crippen LogP contribution in [0.4, 0.5) is 5.69 Å². The number of nitrogens with zero attached hydrogens (tertiary/aromatic N) is 2. The van der Waals surface area contributed by atoms with Gasteiger partial charge in [-0.2, -0.15) is 0 Å². The van der Waals surface area contributed by atoms with E-state index in [9.17, 15) is 29.7 Å². The topological polar surface area (TPSA) is 173 Å². The second-order valence-electron chi connectivity index (χ2n) is 9.36. The molecule has 0 saturated carbocycles. The molecule has 1 aromatic heterocycles. The highest BCUT2D eigenvalue weighted by molar-refractivity contribution is 6.30. The number of aromatic nitrogens is 1. The number of β-amino-alcohol motifs (C(OH)–C–C–N with tert-alkyl or cyclic N) is 1. The molecule has 2 atom stereocenters. The number of guanidine groups is 1. The van der Waals surface area contributed by atoms with Gasteiger partial charge in [0, 0.05) is 30.1 Å². The number of halogens is 1. The van der Waals surface area contributed by atoms with E-state index in [4.69, 9.17) is 11.6 Å². The van der Waals surface area contributed by atoms with Crippen molar-refractivity contribution in [2.45, 2.75) is 44.3 Å². The molecule has 0 fully saturated rings. The lowest BCUT2D eigenvalue weighted by molar-refractivity contribution is -0.137. The number of carboxylic acids is 1. The summed E-state index contributed by atoms with van der Waals surface area (Å²) in [6, 6.07) is 6.34. The molecular formula is C25H30ClN5O6. The molecule has 11 nitrogen and oxygen atoms in total. The lowest BCUT2D eigenvalue weighted by atomic mass is 9.87. The molecule has 1 aromatic carbocycles. The number of ketones is 1. The number of nitrogens with one attached hydrogen (secondary N) is 3. The Labute approximate surface area is 219 Å². The van der Waals surface area contributed by atoms with Gasteiger partial charge in [0.2, 0.25) is 0 Å². The van der Waals surface area contributed by atoms with E-state index in [-0.39, 0.29) is 37.3 Å². The molecule has 0 aliphatic carbocycles. The van der Waals surface area contributed by atoms with Gasteiger partial charge in [-0.05, 0) is 43.2 Å². The Morgan fingerprint density at radius 2 is 1.95 bits per heavy atom. The van der Waals surface area contributed by atoms with Crippen LogP contribution in [-0.2, 0) is 15.2 Å². The number of aliphatic hydroxyl groups is 2. The number of aliphatic imine (C=N–C) groups is 1. The monoisotopic (exact) mass is 531 g/mol. The average Bonchev–Trinajstić information content (AvgIpc) is 2.82. The normalized spacial score (nSPS) is 16.2. The quantitative estimate of drug-likeness (QED) is 0.266. The van der Waals surface area contributed by atoms with Crippen molar-refractivity contribution in [3.8, 4) is 0 Å². The highest BCUT2D eigenvalue weighted by atomic mass is 35.5. The zero-order valence-corrected chi connectivity index (χ0v) is 21.2. The third kappa shape index (κ3) is 8.52. The first-order chi connectivity index (χ1) is 17.4. The van der Waals surface area contributed by atoms with Crippen molar-refractivity contribution in [1.29, 1.82) is 0 Å². The van der Waals surface area contributed by atoms with Crippen LogP contribution in [-0.4, -0.2) is 69.7 Å². The van der Waals surface area contributed by atoms with Crippen LogP contribution in [0.25, 0.3) is 0 Å². The summed E-state index contributed by atoms with van der Waals surface area (Å²) in [5, 5.41) is 38.0. The summed E-state index contributed by atoms with van der Waals surface area (Å²) in [6.07, 6.45) is 1.83. The van der Waals surface area contributed by atoms with Gasteiger partial charge < -0.3 is 31.3 Å². The Hall–Kier alpha value is -3.54. The zero-order chi connectivity index (χ0) is 27.2. The maximum absolute atomic E-state index is 12.7. The van der Waals surface area contributed by atoms with E-state index in [1.807, 2.05) is 0 Å². The van der Waals surface area contributed by atoms with Gasteiger partial charge in [-0.3, -0.25) is 24.4 Å². The second kappa shape index (κ2) is 12.1. The molecule has 37 heavy (non-hydrogen) atoms. The number of pyridine rings is 1. The van der Waals surface area contributed by atoms with Crippen LogP contribution in [0.15, 0.2) is 41.7 Å². The number of Topliss-reactive ketones (excluding diaryl/α,β-unsaturated/α-hetero) is 1. The molecule has 12 heteroatoms. The van der Waals surface area contributed by atoms with Crippen molar-refractivity contribution in [1.82, 2.24) is 15.6 Å². The standard InChI is InChI=1S/C25H30ClN5O6/c1-25(2,37)17-3-14(4-18(26)8-17)15(7-22(34)35)6-20(32)11-28-23(36)16-5-19(10-27-9-16)31-24-29-12-21(33)13-30-24/h3-5,8-10,15,21,33,37H,6-7,11-13H2,1-2H3,(H,28,36)(H,34,35)(H2,29,30,31)/t15-/m0/s1. The molecule has 0 spiro atoms. The summed E-state index contributed by atoms with van der Waals surface area (Å²) >= 11 is 6.19. The van der Waals surface area contributed by atoms with Gasteiger partial charge in [0.15, 0.2) is 11.7 Å². The Morgan fingerprint density at radius 3 is 2.59 bits per heavy atom. The second-order valence-corrected chi connectivity index (χ2v) is 9.80. The van der Waals surface area contributed by atoms with Crippen molar-refractivity contribution in [3.63, 3.8) is 0 Å². The lowest BCUT2D eigenvalue weighted by Crippen LogP contribution is -2.42. The molecule has 1 aliphatic heterocycles. The summed E-state index contributed by atoms with van der Waals surface area (Å²) in [4.78, 5) is 45.0. The number of carboxylic acid groups (broad SMARTS) is 1. The van der Waals surface area contributed by atoms with Crippen LogP contribution in [0.3, 0.4) is 0 Å². The van der Waals surface area contributed by atoms with Crippen molar-refractivity contribution >= 4 is 40.9 Å². The number of rotatable bonds is 10. The summed E-state index contributed by atoms with van der Waals surface area (Å²) < 4.78 is 0. The summed E-state index contributed by atoms with van der Waals surface area (Å²) in [7, 11) is 0. The van der Waals surface area contributed by atoms with Crippen molar-refractivity contribution < 1.29 is 29.7 Å². The smallest absolute Gasteiger partial charge is 0.303 e. The van der Waals surface area contributed by atoms with Crippen LogP contribution in [0.5, 0.6) is 0 Å². The van der Waals surface area contributed by atoms with E-state index in [0.29, 0.717) is 34.3 Å². The molecular weight excluding hydrogens is 502 g/mol. The van der Waals surface area contributed by atoms with Gasteiger partial charge in [-0.1, -0.05) is 17.7 Å². The van der Waals surface area contributed by atoms with Crippen LogP contribution < -0.4 is 16.0 Å². The molecule has 1 amide bonds. The van der Waals surface area contributed by atoms with E-state index >= 15 is 0 Å². The first kappa shape index (κ1) is 28.0. The SMILES string of the molecule is CC(C)(O)c1cc(Cl)cc([C@H](CC(=O)O)CC(=O)CNC(=O)c2cncc(NC3=NCC(O)CN3)c2)c1. The van der Waals surface area contributed by atoms with E-state index in [0.717, 1.165) is 0 Å². The number of hydrogen-bond acceptors (Lipinski definition) is 9. The van der Waals surface area contributed by atoms with E-state index < -0.39 is 29.5 Å². The summed E-state index contributed by atoms with van der Waals surface area (Å²) in [5.74, 6) is -2.24. The van der Waals surface area contributed by atoms with Crippen LogP contribution >= 0.6 is 11.6 Å².